The Kier molecular flexibility index (Phi) is 3.59. The highest BCUT2D eigenvalue weighted by molar-refractivity contribution is 6.33. The van der Waals surface area contributed by atoms with Crippen LogP contribution in [0.3, 0.4) is 0 Å². The van der Waals surface area contributed by atoms with Gasteiger partial charge in [0.1, 0.15) is 5.75 Å². The first-order valence-electron chi connectivity index (χ1n) is 7.25. The maximum atomic E-state index is 6.30. The highest BCUT2D eigenvalue weighted by Crippen LogP contribution is 2.52. The lowest BCUT2D eigenvalue weighted by atomic mass is 9.55. The van der Waals surface area contributed by atoms with E-state index in [1.165, 1.54) is 6.42 Å². The summed E-state index contributed by atoms with van der Waals surface area (Å²) in [5.41, 5.74) is 1.09. The second kappa shape index (κ2) is 5.12. The Morgan fingerprint density at radius 1 is 1.40 bits per heavy atom. The van der Waals surface area contributed by atoms with Crippen LogP contribution >= 0.6 is 11.6 Å². The van der Waals surface area contributed by atoms with E-state index in [9.17, 15) is 0 Å². The third-order valence-corrected chi connectivity index (χ3v) is 5.15. The maximum absolute atomic E-state index is 6.30. The summed E-state index contributed by atoms with van der Waals surface area (Å²) in [5, 5.41) is 4.36. The van der Waals surface area contributed by atoms with Crippen LogP contribution in [0.4, 0.5) is 5.69 Å². The zero-order valence-corrected chi connectivity index (χ0v) is 13.0. The zero-order chi connectivity index (χ0) is 14.3. The number of anilines is 1. The third-order valence-electron chi connectivity index (χ3n) is 4.82. The van der Waals surface area contributed by atoms with Crippen molar-refractivity contribution in [2.45, 2.75) is 38.8 Å². The SMILES string of the molecule is COc1ccc(Cl)c(NC2C3CCCOC3C2(C)C)c1. The van der Waals surface area contributed by atoms with Crippen molar-refractivity contribution in [1.82, 2.24) is 0 Å². The van der Waals surface area contributed by atoms with E-state index in [1.807, 2.05) is 18.2 Å². The van der Waals surface area contributed by atoms with Crippen LogP contribution in [0.25, 0.3) is 0 Å². The fourth-order valence-electron chi connectivity index (χ4n) is 3.73. The molecule has 0 bridgehead atoms. The zero-order valence-electron chi connectivity index (χ0n) is 12.3. The van der Waals surface area contributed by atoms with E-state index in [0.717, 1.165) is 29.5 Å². The van der Waals surface area contributed by atoms with Crippen LogP contribution < -0.4 is 10.1 Å². The molecular formula is C16H22ClNO2. The molecular weight excluding hydrogens is 274 g/mol. The van der Waals surface area contributed by atoms with Crippen molar-refractivity contribution in [2.24, 2.45) is 11.3 Å². The van der Waals surface area contributed by atoms with Crippen LogP contribution in [0.5, 0.6) is 5.75 Å². The van der Waals surface area contributed by atoms with Gasteiger partial charge in [0, 0.05) is 30.0 Å². The number of benzene rings is 1. The summed E-state index contributed by atoms with van der Waals surface area (Å²) in [6.07, 6.45) is 2.76. The quantitative estimate of drug-likeness (QED) is 0.915. The summed E-state index contributed by atoms with van der Waals surface area (Å²) >= 11 is 6.30. The number of ether oxygens (including phenoxy) is 2. The van der Waals surface area contributed by atoms with E-state index in [-0.39, 0.29) is 5.41 Å². The topological polar surface area (TPSA) is 30.5 Å². The van der Waals surface area contributed by atoms with Gasteiger partial charge in [0.05, 0.1) is 23.9 Å². The third kappa shape index (κ3) is 2.17. The first-order valence-corrected chi connectivity index (χ1v) is 7.63. The van der Waals surface area contributed by atoms with Gasteiger partial charge in [-0.3, -0.25) is 0 Å². The first kappa shape index (κ1) is 14.0. The predicted octanol–water partition coefficient (Wildman–Crippen LogP) is 3.96. The summed E-state index contributed by atoms with van der Waals surface area (Å²) in [6.45, 7) is 5.44. The van der Waals surface area contributed by atoms with Crippen molar-refractivity contribution in [2.75, 3.05) is 19.0 Å². The molecule has 0 spiro atoms. The van der Waals surface area contributed by atoms with Gasteiger partial charge in [-0.05, 0) is 25.0 Å². The molecule has 0 radical (unpaired) electrons. The van der Waals surface area contributed by atoms with Gasteiger partial charge in [0.2, 0.25) is 0 Å². The highest BCUT2D eigenvalue weighted by Gasteiger charge is 2.57. The van der Waals surface area contributed by atoms with E-state index in [4.69, 9.17) is 21.1 Å². The molecule has 3 nitrogen and oxygen atoms in total. The minimum atomic E-state index is 0.136. The van der Waals surface area contributed by atoms with Crippen LogP contribution in [0.1, 0.15) is 26.7 Å². The van der Waals surface area contributed by atoms with Gasteiger partial charge in [0.25, 0.3) is 0 Å². The van der Waals surface area contributed by atoms with Gasteiger partial charge >= 0.3 is 0 Å². The van der Waals surface area contributed by atoms with Gasteiger partial charge in [-0.2, -0.15) is 0 Å². The Hall–Kier alpha value is -0.930. The second-order valence-electron chi connectivity index (χ2n) is 6.39. The second-order valence-corrected chi connectivity index (χ2v) is 6.79. The summed E-state index contributed by atoms with van der Waals surface area (Å²) in [4.78, 5) is 0. The van der Waals surface area contributed by atoms with Crippen molar-refractivity contribution in [1.29, 1.82) is 0 Å². The van der Waals surface area contributed by atoms with Gasteiger partial charge in [0.15, 0.2) is 0 Å². The summed E-state index contributed by atoms with van der Waals surface area (Å²) < 4.78 is 11.2. The van der Waals surface area contributed by atoms with Crippen LogP contribution in [-0.4, -0.2) is 25.9 Å². The van der Waals surface area contributed by atoms with Gasteiger partial charge in [-0.25, -0.2) is 0 Å². The molecule has 2 aliphatic rings. The number of hydrogen-bond donors (Lipinski definition) is 1. The highest BCUT2D eigenvalue weighted by atomic mass is 35.5. The van der Waals surface area contributed by atoms with Crippen molar-refractivity contribution < 1.29 is 9.47 Å². The molecule has 110 valence electrons. The minimum absolute atomic E-state index is 0.136. The van der Waals surface area contributed by atoms with E-state index in [2.05, 4.69) is 19.2 Å². The summed E-state index contributed by atoms with van der Waals surface area (Å²) in [5.74, 6) is 1.41. The standard InChI is InChI=1S/C16H22ClNO2/c1-16(2)14(11-5-4-8-20-15(11)16)18-13-9-10(19-3)6-7-12(13)17/h6-7,9,11,14-15,18H,4-5,8H2,1-3H3. The molecule has 1 aliphatic carbocycles. The molecule has 1 N–H and O–H groups in total. The molecule has 1 saturated carbocycles. The Morgan fingerprint density at radius 2 is 2.20 bits per heavy atom. The summed E-state index contributed by atoms with van der Waals surface area (Å²) in [7, 11) is 1.67. The Labute approximate surface area is 125 Å². The van der Waals surface area contributed by atoms with Gasteiger partial charge in [-0.15, -0.1) is 0 Å². The molecule has 3 rings (SSSR count). The van der Waals surface area contributed by atoms with Crippen molar-refractivity contribution in [3.8, 4) is 5.75 Å². The first-order chi connectivity index (χ1) is 9.54. The monoisotopic (exact) mass is 295 g/mol. The van der Waals surface area contributed by atoms with Crippen LogP contribution in [-0.2, 0) is 4.74 Å². The van der Waals surface area contributed by atoms with Gasteiger partial charge in [-0.1, -0.05) is 25.4 Å². The van der Waals surface area contributed by atoms with Crippen LogP contribution in [0, 0.1) is 11.3 Å². The lowest BCUT2D eigenvalue weighted by Gasteiger charge is -2.60. The van der Waals surface area contributed by atoms with E-state index >= 15 is 0 Å². The van der Waals surface area contributed by atoms with E-state index < -0.39 is 0 Å². The predicted molar refractivity (Wildman–Crippen MR) is 81.7 cm³/mol. The number of hydrogen-bond acceptors (Lipinski definition) is 3. The number of methoxy groups -OCH3 is 1. The van der Waals surface area contributed by atoms with E-state index in [1.54, 1.807) is 7.11 Å². The van der Waals surface area contributed by atoms with Crippen molar-refractivity contribution >= 4 is 17.3 Å². The fourth-order valence-corrected chi connectivity index (χ4v) is 3.90. The average molecular weight is 296 g/mol. The molecule has 1 heterocycles. The van der Waals surface area contributed by atoms with Crippen LogP contribution in [0.15, 0.2) is 18.2 Å². The molecule has 1 aromatic rings. The molecule has 0 amide bonds. The Balaban J connectivity index is 1.80. The molecule has 2 fully saturated rings. The molecule has 1 saturated heterocycles. The largest absolute Gasteiger partial charge is 0.497 e. The number of nitrogens with one attached hydrogen (secondary N) is 1. The fraction of sp³-hybridized carbons (Fsp3) is 0.625. The molecule has 3 atom stereocenters. The Bertz CT molecular complexity index is 503. The number of rotatable bonds is 3. The minimum Gasteiger partial charge on any atom is -0.497 e. The smallest absolute Gasteiger partial charge is 0.121 e. The maximum Gasteiger partial charge on any atom is 0.121 e. The van der Waals surface area contributed by atoms with Crippen molar-refractivity contribution in [3.63, 3.8) is 0 Å². The molecule has 4 heteroatoms. The lowest BCUT2D eigenvalue weighted by Crippen LogP contribution is -2.67. The normalized spacial score (nSPS) is 31.1. The van der Waals surface area contributed by atoms with Crippen LogP contribution in [0.2, 0.25) is 5.02 Å². The molecule has 0 aromatic heterocycles. The van der Waals surface area contributed by atoms with Gasteiger partial charge < -0.3 is 14.8 Å². The summed E-state index contributed by atoms with van der Waals surface area (Å²) in [6, 6.07) is 6.13. The van der Waals surface area contributed by atoms with E-state index in [0.29, 0.717) is 18.1 Å². The van der Waals surface area contributed by atoms with Crippen molar-refractivity contribution in [3.05, 3.63) is 23.2 Å². The Morgan fingerprint density at radius 3 is 2.95 bits per heavy atom. The molecule has 3 unspecified atom stereocenters. The average Bonchev–Trinajstić information content (AvgIpc) is 2.46. The molecule has 1 aromatic carbocycles. The number of fused-ring (bicyclic) bond motifs is 1. The number of halogens is 1. The lowest BCUT2D eigenvalue weighted by molar-refractivity contribution is -0.177. The molecule has 20 heavy (non-hydrogen) atoms. The molecule has 1 aliphatic heterocycles.